The van der Waals surface area contributed by atoms with Gasteiger partial charge in [-0.1, -0.05) is 18.2 Å². The lowest BCUT2D eigenvalue weighted by Gasteiger charge is -2.20. The highest BCUT2D eigenvalue weighted by Gasteiger charge is 2.14. The molecule has 0 atom stereocenters. The van der Waals surface area contributed by atoms with Crippen molar-refractivity contribution < 1.29 is 4.92 Å². The molecule has 0 bridgehead atoms. The van der Waals surface area contributed by atoms with Crippen LogP contribution in [-0.4, -0.2) is 12.0 Å². The third-order valence-corrected chi connectivity index (χ3v) is 2.82. The van der Waals surface area contributed by atoms with E-state index in [1.54, 1.807) is 11.9 Å². The van der Waals surface area contributed by atoms with Crippen molar-refractivity contribution >= 4 is 17.1 Å². The van der Waals surface area contributed by atoms with E-state index in [4.69, 9.17) is 5.26 Å². The number of nitrogens with zero attached hydrogens (tertiary/aromatic N) is 3. The van der Waals surface area contributed by atoms with Crippen LogP contribution in [-0.2, 0) is 0 Å². The van der Waals surface area contributed by atoms with Crippen molar-refractivity contribution in [2.75, 3.05) is 11.9 Å². The molecule has 0 aromatic heterocycles. The third-order valence-electron chi connectivity index (χ3n) is 2.82. The Bertz CT molecular complexity index is 647. The molecule has 0 spiro atoms. The maximum absolute atomic E-state index is 10.8. The fraction of sp³-hybridized carbons (Fsp3) is 0.0714. The molecule has 0 N–H and O–H groups in total. The Labute approximate surface area is 110 Å². The molecular weight excluding hydrogens is 242 g/mol. The van der Waals surface area contributed by atoms with Gasteiger partial charge in [-0.05, 0) is 18.2 Å². The zero-order chi connectivity index (χ0) is 13.8. The van der Waals surface area contributed by atoms with Gasteiger partial charge in [-0.2, -0.15) is 5.26 Å². The fourth-order valence-corrected chi connectivity index (χ4v) is 1.80. The van der Waals surface area contributed by atoms with Crippen molar-refractivity contribution in [3.8, 4) is 6.07 Å². The lowest BCUT2D eigenvalue weighted by molar-refractivity contribution is -0.384. The van der Waals surface area contributed by atoms with E-state index in [2.05, 4.69) is 0 Å². The Hall–Kier alpha value is -2.87. The maximum Gasteiger partial charge on any atom is 0.271 e. The molecule has 19 heavy (non-hydrogen) atoms. The summed E-state index contributed by atoms with van der Waals surface area (Å²) in [5, 5.41) is 19.9. The van der Waals surface area contributed by atoms with Gasteiger partial charge in [0.05, 0.1) is 16.2 Å². The predicted molar refractivity (Wildman–Crippen MR) is 72.3 cm³/mol. The number of nitro groups is 1. The molecule has 0 aliphatic rings. The highest BCUT2D eigenvalue weighted by atomic mass is 16.6. The normalized spacial score (nSPS) is 9.68. The number of nitro benzene ring substituents is 1. The molecule has 0 fully saturated rings. The van der Waals surface area contributed by atoms with Crippen LogP contribution in [0.25, 0.3) is 0 Å². The van der Waals surface area contributed by atoms with Gasteiger partial charge in [0.25, 0.3) is 5.69 Å². The number of benzene rings is 2. The summed E-state index contributed by atoms with van der Waals surface area (Å²) in [5.41, 5.74) is 1.75. The lowest BCUT2D eigenvalue weighted by atomic mass is 10.1. The first-order valence-electron chi connectivity index (χ1n) is 5.61. The Morgan fingerprint density at radius 3 is 2.47 bits per heavy atom. The summed E-state index contributed by atoms with van der Waals surface area (Å²) < 4.78 is 0. The second-order valence-electron chi connectivity index (χ2n) is 3.96. The van der Waals surface area contributed by atoms with Crippen LogP contribution in [0, 0.1) is 21.4 Å². The lowest BCUT2D eigenvalue weighted by Crippen LogP contribution is -2.11. The highest BCUT2D eigenvalue weighted by Crippen LogP contribution is 2.29. The van der Waals surface area contributed by atoms with Gasteiger partial charge in [-0.15, -0.1) is 0 Å². The van der Waals surface area contributed by atoms with Crippen molar-refractivity contribution in [2.24, 2.45) is 0 Å². The van der Waals surface area contributed by atoms with Crippen molar-refractivity contribution in [3.05, 3.63) is 64.2 Å². The van der Waals surface area contributed by atoms with Crippen LogP contribution >= 0.6 is 0 Å². The fourth-order valence-electron chi connectivity index (χ4n) is 1.80. The van der Waals surface area contributed by atoms with E-state index in [-0.39, 0.29) is 5.69 Å². The number of para-hydroxylation sites is 1. The van der Waals surface area contributed by atoms with E-state index in [1.807, 2.05) is 36.4 Å². The Morgan fingerprint density at radius 2 is 1.89 bits per heavy atom. The van der Waals surface area contributed by atoms with E-state index in [1.165, 1.54) is 18.2 Å². The molecule has 5 heteroatoms. The molecule has 2 aromatic carbocycles. The zero-order valence-electron chi connectivity index (χ0n) is 10.3. The molecule has 5 nitrogen and oxygen atoms in total. The topological polar surface area (TPSA) is 70.2 Å². The molecule has 0 saturated carbocycles. The van der Waals surface area contributed by atoms with Crippen molar-refractivity contribution in [3.63, 3.8) is 0 Å². The summed E-state index contributed by atoms with van der Waals surface area (Å²) in [6.45, 7) is 0. The van der Waals surface area contributed by atoms with Gasteiger partial charge in [-0.25, -0.2) is 0 Å². The number of rotatable bonds is 3. The molecule has 0 unspecified atom stereocenters. The average Bonchev–Trinajstić information content (AvgIpc) is 2.46. The van der Waals surface area contributed by atoms with Crippen LogP contribution in [0.15, 0.2) is 48.5 Å². The zero-order valence-corrected chi connectivity index (χ0v) is 10.3. The molecule has 0 saturated heterocycles. The second-order valence-corrected chi connectivity index (χ2v) is 3.96. The van der Waals surface area contributed by atoms with E-state index in [0.29, 0.717) is 11.3 Å². The molecular formula is C14H11N3O2. The van der Waals surface area contributed by atoms with Crippen LogP contribution in [0.5, 0.6) is 0 Å². The summed E-state index contributed by atoms with van der Waals surface area (Å²) in [4.78, 5) is 12.1. The molecule has 0 aliphatic carbocycles. The molecule has 2 aromatic rings. The van der Waals surface area contributed by atoms with Crippen LogP contribution in [0.4, 0.5) is 17.1 Å². The average molecular weight is 253 g/mol. The summed E-state index contributed by atoms with van der Waals surface area (Å²) >= 11 is 0. The molecule has 0 aliphatic heterocycles. The Balaban J connectivity index is 2.51. The summed E-state index contributed by atoms with van der Waals surface area (Å²) in [7, 11) is 1.77. The minimum Gasteiger partial charge on any atom is -0.343 e. The van der Waals surface area contributed by atoms with Gasteiger partial charge in [0, 0.05) is 24.9 Å². The number of hydrogen-bond donors (Lipinski definition) is 0. The molecule has 0 amide bonds. The van der Waals surface area contributed by atoms with E-state index < -0.39 is 4.92 Å². The van der Waals surface area contributed by atoms with E-state index in [0.717, 1.165) is 5.69 Å². The van der Waals surface area contributed by atoms with Gasteiger partial charge >= 0.3 is 0 Å². The van der Waals surface area contributed by atoms with Gasteiger partial charge in [0.1, 0.15) is 6.07 Å². The summed E-state index contributed by atoms with van der Waals surface area (Å²) in [6.07, 6.45) is 0. The molecule has 2 rings (SSSR count). The Morgan fingerprint density at radius 1 is 1.21 bits per heavy atom. The van der Waals surface area contributed by atoms with Gasteiger partial charge < -0.3 is 4.90 Å². The first-order chi connectivity index (χ1) is 9.13. The number of anilines is 2. The quantitative estimate of drug-likeness (QED) is 0.622. The van der Waals surface area contributed by atoms with Gasteiger partial charge in [0.15, 0.2) is 0 Å². The van der Waals surface area contributed by atoms with Crippen molar-refractivity contribution in [1.82, 2.24) is 0 Å². The van der Waals surface area contributed by atoms with Crippen LogP contribution in [0.3, 0.4) is 0 Å². The Kier molecular flexibility index (Phi) is 3.44. The minimum atomic E-state index is -0.469. The van der Waals surface area contributed by atoms with Crippen LogP contribution in [0.1, 0.15) is 5.56 Å². The minimum absolute atomic E-state index is 0.0308. The molecule has 0 heterocycles. The van der Waals surface area contributed by atoms with E-state index >= 15 is 0 Å². The van der Waals surface area contributed by atoms with Crippen LogP contribution in [0.2, 0.25) is 0 Å². The standard InChI is InChI=1S/C14H11N3O2/c1-16(12-5-3-2-4-6-12)14-9-13(17(18)19)8-7-11(14)10-15/h2-9H,1H3. The van der Waals surface area contributed by atoms with E-state index in [9.17, 15) is 10.1 Å². The monoisotopic (exact) mass is 253 g/mol. The summed E-state index contributed by atoms with van der Waals surface area (Å²) in [6, 6.07) is 15.6. The van der Waals surface area contributed by atoms with Gasteiger partial charge in [0.2, 0.25) is 0 Å². The first kappa shape index (κ1) is 12.6. The van der Waals surface area contributed by atoms with Crippen molar-refractivity contribution in [1.29, 1.82) is 5.26 Å². The first-order valence-corrected chi connectivity index (χ1v) is 5.61. The van der Waals surface area contributed by atoms with Gasteiger partial charge in [-0.3, -0.25) is 10.1 Å². The van der Waals surface area contributed by atoms with Crippen molar-refractivity contribution in [2.45, 2.75) is 0 Å². The van der Waals surface area contributed by atoms with Crippen LogP contribution < -0.4 is 4.90 Å². The number of hydrogen-bond acceptors (Lipinski definition) is 4. The largest absolute Gasteiger partial charge is 0.343 e. The SMILES string of the molecule is CN(c1ccccc1)c1cc([N+](=O)[O-])ccc1C#N. The maximum atomic E-state index is 10.8. The number of nitriles is 1. The molecule has 0 radical (unpaired) electrons. The number of non-ortho nitro benzene ring substituents is 1. The summed E-state index contributed by atoms with van der Waals surface area (Å²) in [5.74, 6) is 0. The third kappa shape index (κ3) is 2.53. The molecule has 94 valence electrons. The second kappa shape index (κ2) is 5.19. The smallest absolute Gasteiger partial charge is 0.271 e. The predicted octanol–water partition coefficient (Wildman–Crippen LogP) is 3.23. The highest BCUT2D eigenvalue weighted by molar-refractivity contribution is 5.71.